The molecule has 2 nitrogen and oxygen atoms in total. The maximum Gasteiger partial charge on any atom is 0.119 e. The largest absolute Gasteiger partial charge is 0.497 e. The molecule has 2 aromatic carbocycles. The molecule has 0 fully saturated rings. The lowest BCUT2D eigenvalue weighted by molar-refractivity contribution is 0.413. The van der Waals surface area contributed by atoms with Gasteiger partial charge in [-0.2, -0.15) is 0 Å². The topological polar surface area (TPSA) is 21.6 Å². The van der Waals surface area contributed by atoms with Crippen LogP contribution in [-0.4, -0.2) is 13.3 Å². The standard InChI is InChI=1S/C19H19NO/c1-3-11-19(13-15-7-5-4-6-8-15)14-20-18-10-9-16(21-2)12-17(18)19/h3-10,12,14H,1,11,13H2,2H3/t19-/m0/s1. The van der Waals surface area contributed by atoms with Crippen LogP contribution >= 0.6 is 0 Å². The van der Waals surface area contributed by atoms with Gasteiger partial charge < -0.3 is 4.74 Å². The minimum absolute atomic E-state index is 0.118. The molecule has 0 saturated heterocycles. The molecule has 1 atom stereocenters. The third kappa shape index (κ3) is 2.49. The van der Waals surface area contributed by atoms with E-state index >= 15 is 0 Å². The molecule has 1 aliphatic rings. The number of fused-ring (bicyclic) bond motifs is 1. The van der Waals surface area contributed by atoms with Crippen molar-refractivity contribution in [3.05, 3.63) is 72.3 Å². The fourth-order valence-electron chi connectivity index (χ4n) is 3.01. The summed E-state index contributed by atoms with van der Waals surface area (Å²) >= 11 is 0. The van der Waals surface area contributed by atoms with Crippen LogP contribution in [0.3, 0.4) is 0 Å². The highest BCUT2D eigenvalue weighted by Gasteiger charge is 2.35. The van der Waals surface area contributed by atoms with Gasteiger partial charge in [-0.3, -0.25) is 4.99 Å². The molecule has 0 saturated carbocycles. The van der Waals surface area contributed by atoms with E-state index in [9.17, 15) is 0 Å². The number of aliphatic imine (C=N–C) groups is 1. The molecule has 0 bridgehead atoms. The van der Waals surface area contributed by atoms with Gasteiger partial charge in [0.2, 0.25) is 0 Å². The molecular formula is C19H19NO. The predicted molar refractivity (Wildman–Crippen MR) is 87.8 cm³/mol. The number of rotatable bonds is 5. The van der Waals surface area contributed by atoms with Gasteiger partial charge in [-0.25, -0.2) is 0 Å². The highest BCUT2D eigenvalue weighted by atomic mass is 16.5. The molecule has 1 aliphatic heterocycles. The van der Waals surface area contributed by atoms with Crippen LogP contribution in [-0.2, 0) is 11.8 Å². The van der Waals surface area contributed by atoms with Gasteiger partial charge >= 0.3 is 0 Å². The average molecular weight is 277 g/mol. The zero-order chi connectivity index (χ0) is 14.7. The Labute approximate surface area is 125 Å². The van der Waals surface area contributed by atoms with Gasteiger partial charge in [0, 0.05) is 11.6 Å². The van der Waals surface area contributed by atoms with Crippen molar-refractivity contribution in [2.75, 3.05) is 7.11 Å². The van der Waals surface area contributed by atoms with Crippen LogP contribution in [0.1, 0.15) is 17.5 Å². The molecule has 2 aromatic rings. The van der Waals surface area contributed by atoms with Gasteiger partial charge in [0.05, 0.1) is 12.8 Å². The second-order valence-electron chi connectivity index (χ2n) is 5.45. The van der Waals surface area contributed by atoms with E-state index in [2.05, 4.69) is 48.1 Å². The first-order valence-electron chi connectivity index (χ1n) is 7.16. The van der Waals surface area contributed by atoms with Crippen LogP contribution < -0.4 is 4.74 Å². The number of benzene rings is 2. The van der Waals surface area contributed by atoms with Crippen LogP contribution in [0.2, 0.25) is 0 Å². The van der Waals surface area contributed by atoms with Gasteiger partial charge in [-0.15, -0.1) is 6.58 Å². The number of allylic oxidation sites excluding steroid dienone is 1. The molecule has 0 aromatic heterocycles. The molecule has 0 radical (unpaired) electrons. The number of nitrogens with zero attached hydrogens (tertiary/aromatic N) is 1. The Morgan fingerprint density at radius 3 is 2.71 bits per heavy atom. The van der Waals surface area contributed by atoms with E-state index in [0.717, 1.165) is 24.3 Å². The Kier molecular flexibility index (Phi) is 3.61. The molecule has 0 N–H and O–H groups in total. The summed E-state index contributed by atoms with van der Waals surface area (Å²) in [5.41, 5.74) is 3.45. The molecule has 0 spiro atoms. The number of methoxy groups -OCH3 is 1. The number of ether oxygens (including phenoxy) is 1. The maximum absolute atomic E-state index is 5.38. The first-order valence-corrected chi connectivity index (χ1v) is 7.16. The lowest BCUT2D eigenvalue weighted by Gasteiger charge is -2.27. The van der Waals surface area contributed by atoms with Crippen LogP contribution in [0, 0.1) is 0 Å². The van der Waals surface area contributed by atoms with Gasteiger partial charge in [-0.1, -0.05) is 36.4 Å². The summed E-state index contributed by atoms with van der Waals surface area (Å²) in [5, 5.41) is 0. The Bertz CT molecular complexity index is 675. The van der Waals surface area contributed by atoms with Crippen molar-refractivity contribution in [1.29, 1.82) is 0 Å². The van der Waals surface area contributed by atoms with Gasteiger partial charge in [0.1, 0.15) is 5.75 Å². The quantitative estimate of drug-likeness (QED) is 0.739. The normalized spacial score (nSPS) is 19.3. The Morgan fingerprint density at radius 1 is 1.19 bits per heavy atom. The SMILES string of the molecule is C=CC[C@]1(Cc2ccccc2)C=Nc2ccc(OC)cc21. The molecule has 3 rings (SSSR count). The first-order chi connectivity index (χ1) is 10.3. The maximum atomic E-state index is 5.38. The zero-order valence-corrected chi connectivity index (χ0v) is 12.3. The molecule has 1 heterocycles. The van der Waals surface area contributed by atoms with Crippen molar-refractivity contribution in [2.45, 2.75) is 18.3 Å². The molecule has 106 valence electrons. The summed E-state index contributed by atoms with van der Waals surface area (Å²) in [6.07, 6.45) is 5.84. The van der Waals surface area contributed by atoms with E-state index in [1.54, 1.807) is 7.11 Å². The summed E-state index contributed by atoms with van der Waals surface area (Å²) in [6.45, 7) is 3.93. The third-order valence-corrected chi connectivity index (χ3v) is 4.06. The first kappa shape index (κ1) is 13.6. The molecular weight excluding hydrogens is 258 g/mol. The van der Waals surface area contributed by atoms with E-state index in [1.807, 2.05) is 24.3 Å². The Hall–Kier alpha value is -2.35. The van der Waals surface area contributed by atoms with E-state index in [0.29, 0.717) is 0 Å². The Morgan fingerprint density at radius 2 is 2.00 bits per heavy atom. The number of hydrogen-bond acceptors (Lipinski definition) is 2. The average Bonchev–Trinajstić information content (AvgIpc) is 2.87. The summed E-state index contributed by atoms with van der Waals surface area (Å²) in [5.74, 6) is 0.876. The van der Waals surface area contributed by atoms with Crippen LogP contribution in [0.5, 0.6) is 5.75 Å². The van der Waals surface area contributed by atoms with Crippen LogP contribution in [0.4, 0.5) is 5.69 Å². The van der Waals surface area contributed by atoms with Crippen molar-refractivity contribution < 1.29 is 4.74 Å². The number of hydrogen-bond donors (Lipinski definition) is 0. The van der Waals surface area contributed by atoms with Gasteiger partial charge in [0.15, 0.2) is 0 Å². The van der Waals surface area contributed by atoms with Crippen LogP contribution in [0.25, 0.3) is 0 Å². The fourth-order valence-corrected chi connectivity index (χ4v) is 3.01. The second kappa shape index (κ2) is 5.57. The predicted octanol–water partition coefficient (Wildman–Crippen LogP) is 4.47. The van der Waals surface area contributed by atoms with E-state index in [-0.39, 0.29) is 5.41 Å². The van der Waals surface area contributed by atoms with E-state index in [1.165, 1.54) is 11.1 Å². The Balaban J connectivity index is 2.04. The fraction of sp³-hybridized carbons (Fsp3) is 0.211. The minimum Gasteiger partial charge on any atom is -0.497 e. The van der Waals surface area contributed by atoms with Crippen molar-refractivity contribution >= 4 is 11.9 Å². The summed E-state index contributed by atoms with van der Waals surface area (Å²) in [7, 11) is 1.70. The summed E-state index contributed by atoms with van der Waals surface area (Å²) < 4.78 is 5.38. The van der Waals surface area contributed by atoms with E-state index < -0.39 is 0 Å². The van der Waals surface area contributed by atoms with Gasteiger partial charge in [0.25, 0.3) is 0 Å². The van der Waals surface area contributed by atoms with Crippen molar-refractivity contribution in [1.82, 2.24) is 0 Å². The lowest BCUT2D eigenvalue weighted by atomic mass is 9.75. The molecule has 0 amide bonds. The zero-order valence-electron chi connectivity index (χ0n) is 12.3. The van der Waals surface area contributed by atoms with Crippen molar-refractivity contribution in [3.63, 3.8) is 0 Å². The third-order valence-electron chi connectivity index (χ3n) is 4.06. The molecule has 21 heavy (non-hydrogen) atoms. The highest BCUT2D eigenvalue weighted by molar-refractivity contribution is 5.86. The molecule has 2 heteroatoms. The summed E-state index contributed by atoms with van der Waals surface area (Å²) in [4.78, 5) is 4.61. The second-order valence-corrected chi connectivity index (χ2v) is 5.45. The smallest absolute Gasteiger partial charge is 0.119 e. The van der Waals surface area contributed by atoms with Gasteiger partial charge in [-0.05, 0) is 42.2 Å². The van der Waals surface area contributed by atoms with E-state index in [4.69, 9.17) is 4.74 Å². The molecule has 0 unspecified atom stereocenters. The van der Waals surface area contributed by atoms with Crippen molar-refractivity contribution in [3.8, 4) is 5.75 Å². The lowest BCUT2D eigenvalue weighted by Crippen LogP contribution is -2.28. The van der Waals surface area contributed by atoms with Crippen molar-refractivity contribution in [2.24, 2.45) is 4.99 Å². The van der Waals surface area contributed by atoms with Crippen LogP contribution in [0.15, 0.2) is 66.2 Å². The summed E-state index contributed by atoms with van der Waals surface area (Å²) in [6, 6.07) is 16.6. The molecule has 0 aliphatic carbocycles. The minimum atomic E-state index is -0.118. The highest BCUT2D eigenvalue weighted by Crippen LogP contribution is 2.43. The monoisotopic (exact) mass is 277 g/mol.